The average Bonchev–Trinajstić information content (AvgIpc) is 2.93. The summed E-state index contributed by atoms with van der Waals surface area (Å²) in [5, 5.41) is 8.78. The van der Waals surface area contributed by atoms with E-state index >= 15 is 0 Å². The summed E-state index contributed by atoms with van der Waals surface area (Å²) in [5.74, 6) is 0. The first kappa shape index (κ1) is 13.8. The molecule has 4 rings (SSSR count). The van der Waals surface area contributed by atoms with E-state index in [2.05, 4.69) is 34.2 Å². The zero-order chi connectivity index (χ0) is 16.0. The van der Waals surface area contributed by atoms with Gasteiger partial charge in [0.25, 0.3) is 0 Å². The Balaban J connectivity index is 2.12. The highest BCUT2D eigenvalue weighted by atomic mass is 16.3. The number of aryl methyl sites for hydroxylation is 1. The van der Waals surface area contributed by atoms with Gasteiger partial charge in [-0.05, 0) is 37.6 Å². The molecule has 0 aliphatic heterocycles. The maximum atomic E-state index is 6.19. The van der Waals surface area contributed by atoms with Crippen molar-refractivity contribution in [2.45, 2.75) is 19.9 Å². The molecule has 0 spiro atoms. The van der Waals surface area contributed by atoms with Crippen LogP contribution < -0.4 is 5.73 Å². The van der Waals surface area contributed by atoms with Gasteiger partial charge in [0.15, 0.2) is 5.58 Å². The standard InChI is InChI=1S/C18H16N4O/c1-10-7-14(11(2)19)17-15(8-10)16-18(23-17)13(4-5-20-16)12-3-6-21-22-9-12/h3-9,11H,19H2,1-2H3. The van der Waals surface area contributed by atoms with Crippen molar-refractivity contribution in [2.24, 2.45) is 5.73 Å². The summed E-state index contributed by atoms with van der Waals surface area (Å²) < 4.78 is 6.19. The normalized spacial score (nSPS) is 12.8. The molecular weight excluding hydrogens is 288 g/mol. The van der Waals surface area contributed by atoms with Crippen LogP contribution in [0.5, 0.6) is 0 Å². The number of fused-ring (bicyclic) bond motifs is 3. The number of hydrogen-bond donors (Lipinski definition) is 1. The molecule has 0 bridgehead atoms. The first-order valence-corrected chi connectivity index (χ1v) is 7.49. The minimum absolute atomic E-state index is 0.107. The number of nitrogens with zero attached hydrogens (tertiary/aromatic N) is 3. The molecule has 1 aromatic carbocycles. The highest BCUT2D eigenvalue weighted by Gasteiger charge is 2.17. The average molecular weight is 304 g/mol. The smallest absolute Gasteiger partial charge is 0.161 e. The van der Waals surface area contributed by atoms with E-state index in [1.807, 2.05) is 19.1 Å². The number of furan rings is 1. The van der Waals surface area contributed by atoms with Crippen molar-refractivity contribution < 1.29 is 4.42 Å². The molecule has 3 aromatic heterocycles. The second-order valence-electron chi connectivity index (χ2n) is 5.79. The molecule has 2 N–H and O–H groups in total. The molecule has 4 aromatic rings. The van der Waals surface area contributed by atoms with Crippen LogP contribution in [0.1, 0.15) is 24.1 Å². The summed E-state index contributed by atoms with van der Waals surface area (Å²) in [5.41, 5.74) is 12.6. The van der Waals surface area contributed by atoms with E-state index < -0.39 is 0 Å². The maximum absolute atomic E-state index is 6.19. The van der Waals surface area contributed by atoms with Crippen LogP contribution in [0.15, 0.2) is 47.3 Å². The molecule has 5 nitrogen and oxygen atoms in total. The predicted molar refractivity (Wildman–Crippen MR) is 89.9 cm³/mol. The number of benzene rings is 1. The molecule has 0 aliphatic carbocycles. The van der Waals surface area contributed by atoms with Gasteiger partial charge in [-0.3, -0.25) is 4.98 Å². The fourth-order valence-electron chi connectivity index (χ4n) is 2.95. The van der Waals surface area contributed by atoms with Crippen LogP contribution in [0, 0.1) is 6.92 Å². The van der Waals surface area contributed by atoms with E-state index in [-0.39, 0.29) is 6.04 Å². The topological polar surface area (TPSA) is 77.8 Å². The van der Waals surface area contributed by atoms with Crippen LogP contribution in [-0.2, 0) is 0 Å². The Labute approximate surface area is 133 Å². The van der Waals surface area contributed by atoms with Crippen LogP contribution in [0.4, 0.5) is 0 Å². The Kier molecular flexibility index (Phi) is 3.09. The van der Waals surface area contributed by atoms with Crippen molar-refractivity contribution in [3.8, 4) is 11.1 Å². The second-order valence-corrected chi connectivity index (χ2v) is 5.79. The zero-order valence-corrected chi connectivity index (χ0v) is 12.9. The van der Waals surface area contributed by atoms with Crippen LogP contribution in [0.2, 0.25) is 0 Å². The molecule has 23 heavy (non-hydrogen) atoms. The molecule has 114 valence electrons. The maximum Gasteiger partial charge on any atom is 0.161 e. The van der Waals surface area contributed by atoms with Gasteiger partial charge in [-0.25, -0.2) is 0 Å². The molecule has 3 heterocycles. The largest absolute Gasteiger partial charge is 0.453 e. The van der Waals surface area contributed by atoms with Crippen molar-refractivity contribution >= 4 is 22.1 Å². The summed E-state index contributed by atoms with van der Waals surface area (Å²) in [4.78, 5) is 4.53. The highest BCUT2D eigenvalue weighted by molar-refractivity contribution is 6.08. The third-order valence-electron chi connectivity index (χ3n) is 4.01. The zero-order valence-electron chi connectivity index (χ0n) is 12.9. The third-order valence-corrected chi connectivity index (χ3v) is 4.01. The van der Waals surface area contributed by atoms with Crippen molar-refractivity contribution in [2.75, 3.05) is 0 Å². The lowest BCUT2D eigenvalue weighted by atomic mass is 10.0. The highest BCUT2D eigenvalue weighted by Crippen LogP contribution is 2.37. The monoisotopic (exact) mass is 304 g/mol. The van der Waals surface area contributed by atoms with E-state index in [4.69, 9.17) is 10.2 Å². The molecule has 1 atom stereocenters. The Morgan fingerprint density at radius 2 is 1.96 bits per heavy atom. The number of aromatic nitrogens is 3. The van der Waals surface area contributed by atoms with E-state index in [9.17, 15) is 0 Å². The van der Waals surface area contributed by atoms with Gasteiger partial charge in [0.1, 0.15) is 11.1 Å². The lowest BCUT2D eigenvalue weighted by molar-refractivity contribution is 0.654. The van der Waals surface area contributed by atoms with Crippen molar-refractivity contribution in [1.82, 2.24) is 15.2 Å². The fraction of sp³-hybridized carbons (Fsp3) is 0.167. The van der Waals surface area contributed by atoms with Gasteiger partial charge in [0, 0.05) is 34.3 Å². The molecule has 0 aliphatic rings. The van der Waals surface area contributed by atoms with Gasteiger partial charge in [-0.2, -0.15) is 10.2 Å². The summed E-state index contributed by atoms with van der Waals surface area (Å²) in [6.45, 7) is 4.02. The minimum Gasteiger partial charge on any atom is -0.453 e. The minimum atomic E-state index is -0.107. The lowest BCUT2D eigenvalue weighted by Crippen LogP contribution is -2.05. The molecule has 0 saturated carbocycles. The molecule has 1 unspecified atom stereocenters. The van der Waals surface area contributed by atoms with Crippen LogP contribution in [0.25, 0.3) is 33.2 Å². The van der Waals surface area contributed by atoms with Crippen LogP contribution in [-0.4, -0.2) is 15.2 Å². The first-order valence-electron chi connectivity index (χ1n) is 7.49. The van der Waals surface area contributed by atoms with Crippen LogP contribution >= 0.6 is 0 Å². The van der Waals surface area contributed by atoms with Gasteiger partial charge >= 0.3 is 0 Å². The van der Waals surface area contributed by atoms with Gasteiger partial charge in [0.05, 0.1) is 12.4 Å². The number of nitrogens with two attached hydrogens (primary N) is 1. The molecule has 5 heteroatoms. The van der Waals surface area contributed by atoms with Crippen molar-refractivity contribution in [1.29, 1.82) is 0 Å². The summed E-state index contributed by atoms with van der Waals surface area (Å²) >= 11 is 0. The van der Waals surface area contributed by atoms with E-state index in [1.165, 1.54) is 0 Å². The molecule has 0 saturated heterocycles. The van der Waals surface area contributed by atoms with Gasteiger partial charge in [-0.15, -0.1) is 0 Å². The summed E-state index contributed by atoms with van der Waals surface area (Å²) in [6, 6.07) is 7.90. The predicted octanol–water partition coefficient (Wildman–Crippen LogP) is 3.77. The summed E-state index contributed by atoms with van der Waals surface area (Å²) in [7, 11) is 0. The number of pyridine rings is 1. The molecule has 0 fully saturated rings. The summed E-state index contributed by atoms with van der Waals surface area (Å²) in [6.07, 6.45) is 5.18. The van der Waals surface area contributed by atoms with Gasteiger partial charge < -0.3 is 10.2 Å². The third kappa shape index (κ3) is 2.17. The van der Waals surface area contributed by atoms with E-state index in [1.54, 1.807) is 18.6 Å². The Morgan fingerprint density at radius 3 is 2.70 bits per heavy atom. The fourth-order valence-corrected chi connectivity index (χ4v) is 2.95. The molecular formula is C18H16N4O. The molecule has 0 radical (unpaired) electrons. The van der Waals surface area contributed by atoms with Gasteiger partial charge in [-0.1, -0.05) is 6.07 Å². The number of hydrogen-bond acceptors (Lipinski definition) is 5. The number of rotatable bonds is 2. The first-order chi connectivity index (χ1) is 11.1. The molecule has 0 amide bonds. The van der Waals surface area contributed by atoms with E-state index in [0.29, 0.717) is 0 Å². The van der Waals surface area contributed by atoms with Gasteiger partial charge in [0.2, 0.25) is 0 Å². The van der Waals surface area contributed by atoms with Crippen LogP contribution in [0.3, 0.4) is 0 Å². The Bertz CT molecular complexity index is 1010. The Morgan fingerprint density at radius 1 is 1.09 bits per heavy atom. The quantitative estimate of drug-likeness (QED) is 0.610. The SMILES string of the molecule is Cc1cc(C(C)N)c2oc3c(-c4ccnnc4)ccnc3c2c1. The van der Waals surface area contributed by atoms with Crippen molar-refractivity contribution in [3.63, 3.8) is 0 Å². The van der Waals surface area contributed by atoms with E-state index in [0.717, 1.165) is 44.3 Å². The van der Waals surface area contributed by atoms with Crippen molar-refractivity contribution in [3.05, 3.63) is 54.0 Å². The Hall–Kier alpha value is -2.79. The lowest BCUT2D eigenvalue weighted by Gasteiger charge is -2.07. The second kappa shape index (κ2) is 5.14.